The average Bonchev–Trinajstić information content (AvgIpc) is 3.03. The van der Waals surface area contributed by atoms with E-state index in [2.05, 4.69) is 75.5 Å². The maximum absolute atomic E-state index is 5.40. The van der Waals surface area contributed by atoms with Crippen LogP contribution in [0.3, 0.4) is 0 Å². The van der Waals surface area contributed by atoms with Crippen LogP contribution in [-0.4, -0.2) is 12.1 Å². The van der Waals surface area contributed by atoms with Gasteiger partial charge in [0.05, 0.1) is 12.8 Å². The van der Waals surface area contributed by atoms with Crippen molar-refractivity contribution in [3.8, 4) is 17.0 Å². The topological polar surface area (TPSA) is 25.0 Å². The molecule has 0 unspecified atom stereocenters. The van der Waals surface area contributed by atoms with E-state index in [0.29, 0.717) is 0 Å². The highest BCUT2D eigenvalue weighted by molar-refractivity contribution is 9.10. The highest BCUT2D eigenvalue weighted by Crippen LogP contribution is 2.34. The Bertz CT molecular complexity index is 1020. The van der Waals surface area contributed by atoms with Gasteiger partial charge in [0, 0.05) is 21.8 Å². The molecule has 0 radical (unpaired) electrons. The Balaban J connectivity index is 1.89. The van der Waals surface area contributed by atoms with Crippen LogP contribution in [0, 0.1) is 0 Å². The van der Waals surface area contributed by atoms with Crippen molar-refractivity contribution in [1.29, 1.82) is 0 Å². The molecule has 0 amide bonds. The summed E-state index contributed by atoms with van der Waals surface area (Å²) in [5.41, 5.74) is 6.05. The van der Waals surface area contributed by atoms with Gasteiger partial charge >= 0.3 is 0 Å². The molecule has 0 saturated heterocycles. The van der Waals surface area contributed by atoms with Gasteiger partial charge in [-0.3, -0.25) is 0 Å². The highest BCUT2D eigenvalue weighted by Gasteiger charge is 2.15. The largest absolute Gasteiger partial charge is 0.497 e. The van der Waals surface area contributed by atoms with Crippen LogP contribution in [0.4, 0.5) is 0 Å². The molecule has 0 aliphatic rings. The van der Waals surface area contributed by atoms with Crippen molar-refractivity contribution in [2.45, 2.75) is 6.42 Å². The molecule has 0 bridgehead atoms. The number of hydrogen-bond donors (Lipinski definition) is 1. The van der Waals surface area contributed by atoms with E-state index in [4.69, 9.17) is 4.74 Å². The van der Waals surface area contributed by atoms with Gasteiger partial charge in [0.15, 0.2) is 0 Å². The van der Waals surface area contributed by atoms with Crippen LogP contribution in [-0.2, 0) is 6.42 Å². The zero-order valence-corrected chi connectivity index (χ0v) is 15.5. The van der Waals surface area contributed by atoms with Crippen LogP contribution in [0.15, 0.2) is 77.3 Å². The lowest BCUT2D eigenvalue weighted by molar-refractivity contribution is 0.414. The number of rotatable bonds is 4. The molecule has 3 aromatic carbocycles. The van der Waals surface area contributed by atoms with E-state index >= 15 is 0 Å². The number of halogens is 1. The zero-order chi connectivity index (χ0) is 17.2. The molecular weight excluding hydrogens is 374 g/mol. The van der Waals surface area contributed by atoms with Gasteiger partial charge < -0.3 is 9.72 Å². The van der Waals surface area contributed by atoms with Crippen molar-refractivity contribution in [2.75, 3.05) is 7.11 Å². The van der Waals surface area contributed by atoms with Crippen molar-refractivity contribution in [1.82, 2.24) is 4.98 Å². The van der Waals surface area contributed by atoms with E-state index in [1.807, 2.05) is 18.2 Å². The smallest absolute Gasteiger partial charge is 0.119 e. The van der Waals surface area contributed by atoms with Crippen LogP contribution < -0.4 is 4.74 Å². The number of nitrogens with one attached hydrogen (secondary N) is 1. The Morgan fingerprint density at radius 1 is 0.920 bits per heavy atom. The molecule has 3 heteroatoms. The second kappa shape index (κ2) is 6.77. The van der Waals surface area contributed by atoms with E-state index in [0.717, 1.165) is 22.2 Å². The molecule has 1 N–H and O–H groups in total. The molecule has 0 aliphatic carbocycles. The number of hydrogen-bond acceptors (Lipinski definition) is 1. The van der Waals surface area contributed by atoms with E-state index < -0.39 is 0 Å². The fraction of sp³-hybridized carbons (Fsp3) is 0.0909. The minimum Gasteiger partial charge on any atom is -0.497 e. The fourth-order valence-electron chi connectivity index (χ4n) is 3.24. The monoisotopic (exact) mass is 391 g/mol. The lowest BCUT2D eigenvalue weighted by Crippen LogP contribution is -1.93. The second-order valence-corrected chi connectivity index (χ2v) is 6.88. The van der Waals surface area contributed by atoms with Gasteiger partial charge in [-0.2, -0.15) is 0 Å². The van der Waals surface area contributed by atoms with Gasteiger partial charge in [-0.25, -0.2) is 0 Å². The first-order valence-electron chi connectivity index (χ1n) is 8.23. The van der Waals surface area contributed by atoms with Crippen LogP contribution in [0.5, 0.6) is 5.75 Å². The Kier molecular flexibility index (Phi) is 4.33. The Morgan fingerprint density at radius 2 is 1.68 bits per heavy atom. The van der Waals surface area contributed by atoms with Gasteiger partial charge in [0.1, 0.15) is 5.75 Å². The number of fused-ring (bicyclic) bond motifs is 1. The van der Waals surface area contributed by atoms with Crippen LogP contribution in [0.25, 0.3) is 22.2 Å². The molecule has 0 saturated carbocycles. The number of para-hydroxylation sites is 1. The predicted molar refractivity (Wildman–Crippen MR) is 107 cm³/mol. The van der Waals surface area contributed by atoms with Crippen LogP contribution in [0.1, 0.15) is 11.1 Å². The average molecular weight is 392 g/mol. The minimum atomic E-state index is 0.825. The number of methoxy groups -OCH3 is 1. The maximum atomic E-state index is 5.40. The summed E-state index contributed by atoms with van der Waals surface area (Å²) in [6.45, 7) is 0. The molecule has 1 heterocycles. The Morgan fingerprint density at radius 3 is 2.48 bits per heavy atom. The Hall–Kier alpha value is -2.52. The zero-order valence-electron chi connectivity index (χ0n) is 13.9. The van der Waals surface area contributed by atoms with Gasteiger partial charge in [-0.05, 0) is 41.0 Å². The third-order valence-corrected chi connectivity index (χ3v) is 5.27. The summed E-state index contributed by atoms with van der Waals surface area (Å²) in [4.78, 5) is 3.60. The molecule has 124 valence electrons. The normalized spacial score (nSPS) is 11.0. The molecule has 25 heavy (non-hydrogen) atoms. The summed E-state index contributed by atoms with van der Waals surface area (Å²) >= 11 is 3.68. The summed E-state index contributed by atoms with van der Waals surface area (Å²) in [7, 11) is 1.70. The quantitative estimate of drug-likeness (QED) is 0.440. The lowest BCUT2D eigenvalue weighted by atomic mass is 9.98. The maximum Gasteiger partial charge on any atom is 0.119 e. The molecule has 4 aromatic rings. The van der Waals surface area contributed by atoms with Crippen molar-refractivity contribution in [2.24, 2.45) is 0 Å². The number of aromatic nitrogens is 1. The summed E-state index contributed by atoms with van der Waals surface area (Å²) in [5.74, 6) is 0.874. The van der Waals surface area contributed by atoms with Crippen molar-refractivity contribution >= 4 is 26.8 Å². The SMILES string of the molecule is COc1ccc(Br)c(Cc2c(-c3ccccc3)[nH]c3ccccc23)c1. The molecule has 0 aliphatic heterocycles. The molecule has 4 rings (SSSR count). The highest BCUT2D eigenvalue weighted by atomic mass is 79.9. The second-order valence-electron chi connectivity index (χ2n) is 6.02. The van der Waals surface area contributed by atoms with Crippen molar-refractivity contribution in [3.05, 3.63) is 88.4 Å². The molecule has 0 fully saturated rings. The van der Waals surface area contributed by atoms with Crippen molar-refractivity contribution < 1.29 is 4.74 Å². The molecular formula is C22H18BrNO. The summed E-state index contributed by atoms with van der Waals surface area (Å²) in [6, 6.07) is 25.1. The van der Waals surface area contributed by atoms with E-state index in [9.17, 15) is 0 Å². The molecule has 2 nitrogen and oxygen atoms in total. The fourth-order valence-corrected chi connectivity index (χ4v) is 3.63. The summed E-state index contributed by atoms with van der Waals surface area (Å²) < 4.78 is 6.50. The third kappa shape index (κ3) is 3.08. The summed E-state index contributed by atoms with van der Waals surface area (Å²) in [6.07, 6.45) is 0.825. The molecule has 0 atom stereocenters. The van der Waals surface area contributed by atoms with Gasteiger partial charge in [-0.15, -0.1) is 0 Å². The minimum absolute atomic E-state index is 0.825. The standard InChI is InChI=1S/C22H18BrNO/c1-25-17-11-12-20(23)16(13-17)14-19-18-9-5-6-10-21(18)24-22(19)15-7-3-2-4-8-15/h2-13,24H,14H2,1H3. The van der Waals surface area contributed by atoms with Gasteiger partial charge in [-0.1, -0.05) is 64.5 Å². The van der Waals surface area contributed by atoms with E-state index in [1.54, 1.807) is 7.11 Å². The third-order valence-electron chi connectivity index (χ3n) is 4.50. The lowest BCUT2D eigenvalue weighted by Gasteiger charge is -2.09. The first kappa shape index (κ1) is 16.0. The first-order valence-corrected chi connectivity index (χ1v) is 9.03. The molecule has 0 spiro atoms. The van der Waals surface area contributed by atoms with Crippen molar-refractivity contribution in [3.63, 3.8) is 0 Å². The summed E-state index contributed by atoms with van der Waals surface area (Å²) in [5, 5.41) is 1.26. The van der Waals surface area contributed by atoms with Gasteiger partial charge in [0.25, 0.3) is 0 Å². The predicted octanol–water partition coefficient (Wildman–Crippen LogP) is 6.20. The van der Waals surface area contributed by atoms with Gasteiger partial charge in [0.2, 0.25) is 0 Å². The van der Waals surface area contributed by atoms with E-state index in [1.165, 1.54) is 27.8 Å². The van der Waals surface area contributed by atoms with Crippen LogP contribution in [0.2, 0.25) is 0 Å². The number of H-pyrrole nitrogens is 1. The van der Waals surface area contributed by atoms with Crippen LogP contribution >= 0.6 is 15.9 Å². The molecule has 1 aromatic heterocycles. The van der Waals surface area contributed by atoms with E-state index in [-0.39, 0.29) is 0 Å². The number of ether oxygens (including phenoxy) is 1. The first-order chi connectivity index (χ1) is 12.3. The number of benzene rings is 3. The Labute approximate surface area is 155 Å². The number of aromatic amines is 1.